The van der Waals surface area contributed by atoms with Crippen LogP contribution >= 0.6 is 0 Å². The molecule has 0 aromatic heterocycles. The van der Waals surface area contributed by atoms with Crippen LogP contribution in [-0.2, 0) is 23.8 Å². The Kier molecular flexibility index (Phi) is 6.46. The smallest absolute Gasteiger partial charge is 0.447 e. The lowest BCUT2D eigenvalue weighted by Crippen LogP contribution is -2.71. The Morgan fingerprint density at radius 3 is 2.59 bits per heavy atom. The fourth-order valence-corrected chi connectivity index (χ4v) is 10.0. The van der Waals surface area contributed by atoms with Crippen LogP contribution in [0.15, 0.2) is 23.8 Å². The number of esters is 1. The van der Waals surface area contributed by atoms with Gasteiger partial charge in [-0.1, -0.05) is 19.9 Å². The maximum absolute atomic E-state index is 17.5. The molecule has 41 heavy (non-hydrogen) atoms. The summed E-state index contributed by atoms with van der Waals surface area (Å²) in [5.41, 5.74) is -7.28. The summed E-state index contributed by atoms with van der Waals surface area (Å²) in [6.45, 7) is 4.26. The highest BCUT2D eigenvalue weighted by Gasteiger charge is 2.79. The average Bonchev–Trinajstić information content (AvgIpc) is 3.59. The van der Waals surface area contributed by atoms with Crippen LogP contribution in [-0.4, -0.2) is 59.3 Å². The number of hydrogen-bond donors (Lipinski definition) is 1. The van der Waals surface area contributed by atoms with Gasteiger partial charge in [-0.2, -0.15) is 5.26 Å². The minimum atomic E-state index is -2.35. The third-order valence-corrected chi connectivity index (χ3v) is 11.9. The molecule has 0 heterocycles. The van der Waals surface area contributed by atoms with E-state index in [4.69, 9.17) is 19.5 Å². The predicted molar refractivity (Wildman–Crippen MR) is 139 cm³/mol. The molecule has 0 aromatic rings. The highest BCUT2D eigenvalue weighted by molar-refractivity contribution is 6.01. The second-order valence-electron chi connectivity index (χ2n) is 13.6. The van der Waals surface area contributed by atoms with Gasteiger partial charge in [0.1, 0.15) is 18.3 Å². The van der Waals surface area contributed by atoms with Crippen molar-refractivity contribution < 1.29 is 42.5 Å². The summed E-state index contributed by atoms with van der Waals surface area (Å²) in [5.74, 6) is -3.13. The molecule has 6 aliphatic carbocycles. The molecule has 222 valence electrons. The number of aliphatic hydroxyl groups excluding tert-OH is 1. The van der Waals surface area contributed by atoms with Crippen molar-refractivity contribution in [2.24, 2.45) is 40.4 Å². The lowest BCUT2D eigenvalue weighted by molar-refractivity contribution is -0.234. The molecule has 5 fully saturated rings. The first kappa shape index (κ1) is 28.3. The third-order valence-electron chi connectivity index (χ3n) is 11.9. The van der Waals surface area contributed by atoms with Gasteiger partial charge in [-0.3, -0.25) is 4.79 Å². The van der Waals surface area contributed by atoms with Gasteiger partial charge >= 0.3 is 12.1 Å². The molecular formula is C31H37F2NO7. The van der Waals surface area contributed by atoms with E-state index in [1.54, 1.807) is 19.9 Å². The predicted octanol–water partition coefficient (Wildman–Crippen LogP) is 4.70. The minimum Gasteiger partial charge on any atom is -0.447 e. The number of rotatable bonds is 4. The molecule has 12 atom stereocenters. The van der Waals surface area contributed by atoms with Crippen molar-refractivity contribution in [2.75, 3.05) is 6.61 Å². The number of nitriles is 1. The first-order valence-electron chi connectivity index (χ1n) is 14.7. The van der Waals surface area contributed by atoms with Crippen LogP contribution in [0.25, 0.3) is 0 Å². The monoisotopic (exact) mass is 573 g/mol. The Bertz CT molecular complexity index is 1280. The second kappa shape index (κ2) is 9.35. The molecule has 0 aromatic carbocycles. The summed E-state index contributed by atoms with van der Waals surface area (Å²) < 4.78 is 50.3. The van der Waals surface area contributed by atoms with Gasteiger partial charge in [-0.15, -0.1) is 0 Å². The quantitative estimate of drug-likeness (QED) is 0.481. The number of aliphatic hydroxyl groups is 1. The summed E-state index contributed by atoms with van der Waals surface area (Å²) in [6.07, 6.45) is 2.36. The van der Waals surface area contributed by atoms with Crippen molar-refractivity contribution in [3.05, 3.63) is 23.8 Å². The number of carbonyl (C=O) groups excluding carboxylic acids is 3. The molecule has 8 nitrogen and oxygen atoms in total. The molecule has 10 heteroatoms. The van der Waals surface area contributed by atoms with E-state index in [0.717, 1.165) is 31.8 Å². The third kappa shape index (κ3) is 3.66. The molecule has 0 aliphatic heterocycles. The molecule has 6 rings (SSSR count). The highest BCUT2D eigenvalue weighted by atomic mass is 19.1. The Labute approximate surface area is 238 Å². The molecule has 2 bridgehead atoms. The van der Waals surface area contributed by atoms with Gasteiger partial charge in [0.05, 0.1) is 6.10 Å². The number of fused-ring (bicyclic) bond motifs is 7. The van der Waals surface area contributed by atoms with Gasteiger partial charge in [0.15, 0.2) is 18.1 Å². The van der Waals surface area contributed by atoms with Crippen molar-refractivity contribution >= 4 is 17.9 Å². The van der Waals surface area contributed by atoms with Gasteiger partial charge in [0.2, 0.25) is 5.60 Å². The van der Waals surface area contributed by atoms with E-state index in [9.17, 15) is 19.5 Å². The molecule has 0 amide bonds. The average molecular weight is 574 g/mol. The molecule has 6 aliphatic rings. The summed E-state index contributed by atoms with van der Waals surface area (Å²) in [4.78, 5) is 39.3. The highest BCUT2D eigenvalue weighted by Crippen LogP contribution is 2.71. The topological polar surface area (TPSA) is 123 Å². The molecule has 0 radical (unpaired) electrons. The van der Waals surface area contributed by atoms with E-state index in [0.29, 0.717) is 5.92 Å². The van der Waals surface area contributed by atoms with Crippen LogP contribution in [0.2, 0.25) is 0 Å². The fraction of sp³-hybridized carbons (Fsp3) is 0.742. The summed E-state index contributed by atoms with van der Waals surface area (Å²) in [6, 6.07) is 1.76. The summed E-state index contributed by atoms with van der Waals surface area (Å²) in [5, 5.41) is 20.8. The first-order chi connectivity index (χ1) is 19.3. The van der Waals surface area contributed by atoms with Crippen molar-refractivity contribution in [3.8, 4) is 6.07 Å². The van der Waals surface area contributed by atoms with Crippen LogP contribution in [0.4, 0.5) is 13.6 Å². The maximum Gasteiger partial charge on any atom is 0.509 e. The molecule has 1 N–H and O–H groups in total. The van der Waals surface area contributed by atoms with E-state index in [2.05, 4.69) is 0 Å². The Balaban J connectivity index is 1.38. The maximum atomic E-state index is 17.5. The van der Waals surface area contributed by atoms with E-state index in [1.165, 1.54) is 19.1 Å². The van der Waals surface area contributed by atoms with Gasteiger partial charge in [0.25, 0.3) is 0 Å². The lowest BCUT2D eigenvalue weighted by Gasteiger charge is -2.62. The minimum absolute atomic E-state index is 0.00262. The summed E-state index contributed by atoms with van der Waals surface area (Å²) in [7, 11) is 0. The Morgan fingerprint density at radius 2 is 1.93 bits per heavy atom. The van der Waals surface area contributed by atoms with E-state index >= 15 is 8.78 Å². The summed E-state index contributed by atoms with van der Waals surface area (Å²) >= 11 is 0. The number of halogens is 2. The van der Waals surface area contributed by atoms with Crippen molar-refractivity contribution in [1.29, 1.82) is 5.26 Å². The van der Waals surface area contributed by atoms with E-state index in [1.807, 2.05) is 0 Å². The SMILES string of the molecule is C[C@@H]1C[C@H]2[C@@H]3C[C@H](F)C4=CC(=O)C=C[C@]4(C)C3(F)[C@H](O)C[C@]2(C)[C@]1(OC(=O)OC1CC2CCC1C2)C(=O)OCC#N. The number of ether oxygens (including phenoxy) is 3. The Hall–Kier alpha value is -2.80. The number of alkyl halides is 2. The molecular weight excluding hydrogens is 536 g/mol. The zero-order chi connectivity index (χ0) is 29.5. The first-order valence-corrected chi connectivity index (χ1v) is 14.7. The van der Waals surface area contributed by atoms with Crippen LogP contribution in [0.3, 0.4) is 0 Å². The van der Waals surface area contributed by atoms with Crippen LogP contribution in [0.5, 0.6) is 0 Å². The number of nitrogens with zero attached hydrogens (tertiary/aromatic N) is 1. The number of hydrogen-bond acceptors (Lipinski definition) is 8. The van der Waals surface area contributed by atoms with Crippen LogP contribution in [0.1, 0.15) is 65.7 Å². The molecule has 0 saturated heterocycles. The normalized spacial score (nSPS) is 49.3. The van der Waals surface area contributed by atoms with Crippen molar-refractivity contribution in [3.63, 3.8) is 0 Å². The van der Waals surface area contributed by atoms with Gasteiger partial charge < -0.3 is 19.3 Å². The Morgan fingerprint density at radius 1 is 1.17 bits per heavy atom. The van der Waals surface area contributed by atoms with E-state index in [-0.39, 0.29) is 36.9 Å². The molecule has 4 unspecified atom stereocenters. The molecule has 0 spiro atoms. The van der Waals surface area contributed by atoms with Crippen LogP contribution < -0.4 is 0 Å². The van der Waals surface area contributed by atoms with Crippen molar-refractivity contribution in [2.45, 2.75) is 95.4 Å². The van der Waals surface area contributed by atoms with E-state index < -0.39 is 76.6 Å². The number of ketones is 1. The number of carbonyl (C=O) groups is 3. The molecule has 5 saturated carbocycles. The second-order valence-corrected chi connectivity index (χ2v) is 13.6. The standard InChI is InChI=1S/C31H37F2NO7/c1-16-10-20-21-14-23(32)22-13-19(35)6-7-28(22,2)30(21,33)25(36)15-29(20,3)31(16,26(37)39-9-8-34)41-27(38)40-24-12-17-4-5-18(24)11-17/h6-7,13,16-18,20-21,23-25,36H,4-5,9-12,14-15H2,1-3H3/t16-,17?,18?,20+,21+,23+,24?,25-,28+,29+,30?,31-/m1/s1. The van der Waals surface area contributed by atoms with Crippen LogP contribution in [0, 0.1) is 51.8 Å². The number of allylic oxidation sites excluding steroid dienone is 4. The zero-order valence-electron chi connectivity index (χ0n) is 23.6. The van der Waals surface area contributed by atoms with Crippen molar-refractivity contribution in [1.82, 2.24) is 0 Å². The largest absolute Gasteiger partial charge is 0.509 e. The fourth-order valence-electron chi connectivity index (χ4n) is 10.0. The lowest BCUT2D eigenvalue weighted by atomic mass is 9.44. The van der Waals surface area contributed by atoms with Gasteiger partial charge in [-0.25, -0.2) is 18.4 Å². The van der Waals surface area contributed by atoms with Gasteiger partial charge in [0, 0.05) is 22.7 Å². The zero-order valence-corrected chi connectivity index (χ0v) is 23.6. The van der Waals surface area contributed by atoms with Gasteiger partial charge in [-0.05, 0) is 87.3 Å².